The first-order valence-electron chi connectivity index (χ1n) is 5.91. The van der Waals surface area contributed by atoms with Crippen LogP contribution < -0.4 is 4.72 Å². The summed E-state index contributed by atoms with van der Waals surface area (Å²) in [7, 11) is -3.75. The van der Waals surface area contributed by atoms with Gasteiger partial charge in [0.2, 0.25) is 10.0 Å². The van der Waals surface area contributed by atoms with E-state index in [1.54, 1.807) is 0 Å². The lowest BCUT2D eigenvalue weighted by Gasteiger charge is -2.10. The van der Waals surface area contributed by atoms with Gasteiger partial charge < -0.3 is 4.74 Å². The molecule has 0 spiro atoms. The second kappa shape index (κ2) is 5.77. The van der Waals surface area contributed by atoms with Crippen LogP contribution in [0.15, 0.2) is 29.2 Å². The maximum Gasteiger partial charge on any atom is 0.243 e. The van der Waals surface area contributed by atoms with Crippen LogP contribution >= 0.6 is 0 Å². The Labute approximate surface area is 106 Å². The average molecular weight is 273 g/mol. The minimum Gasteiger partial charge on any atom is -0.381 e. The van der Waals surface area contributed by atoms with Gasteiger partial charge in [0.05, 0.1) is 0 Å². The van der Waals surface area contributed by atoms with Gasteiger partial charge in [-0.3, -0.25) is 0 Å². The molecule has 18 heavy (non-hydrogen) atoms. The minimum absolute atomic E-state index is 0.298. The molecule has 0 bridgehead atoms. The third-order valence-corrected chi connectivity index (χ3v) is 4.49. The van der Waals surface area contributed by atoms with Crippen LogP contribution in [0.5, 0.6) is 0 Å². The van der Waals surface area contributed by atoms with Crippen LogP contribution in [0.4, 0.5) is 4.39 Å². The molecule has 1 heterocycles. The molecule has 1 aliphatic rings. The van der Waals surface area contributed by atoms with Crippen molar-refractivity contribution in [2.45, 2.75) is 17.7 Å². The van der Waals surface area contributed by atoms with Crippen molar-refractivity contribution in [2.24, 2.45) is 5.92 Å². The molecular formula is C12H16FNO3S. The van der Waals surface area contributed by atoms with E-state index in [0.29, 0.717) is 25.5 Å². The number of sulfonamides is 1. The summed E-state index contributed by atoms with van der Waals surface area (Å²) in [5.41, 5.74) is 0. The van der Waals surface area contributed by atoms with Crippen LogP contribution in [0.3, 0.4) is 0 Å². The van der Waals surface area contributed by atoms with Crippen molar-refractivity contribution >= 4 is 10.0 Å². The molecule has 0 aromatic heterocycles. The van der Waals surface area contributed by atoms with Gasteiger partial charge >= 0.3 is 0 Å². The molecule has 4 nitrogen and oxygen atoms in total. The summed E-state index contributed by atoms with van der Waals surface area (Å²) >= 11 is 0. The van der Waals surface area contributed by atoms with Crippen molar-refractivity contribution < 1.29 is 17.5 Å². The van der Waals surface area contributed by atoms with Crippen molar-refractivity contribution in [1.29, 1.82) is 0 Å². The number of halogens is 1. The lowest BCUT2D eigenvalue weighted by molar-refractivity contribution is 0.184. The van der Waals surface area contributed by atoms with Gasteiger partial charge in [-0.2, -0.15) is 0 Å². The van der Waals surface area contributed by atoms with Gasteiger partial charge in [-0.25, -0.2) is 17.5 Å². The number of benzene rings is 1. The minimum atomic E-state index is -3.75. The highest BCUT2D eigenvalue weighted by molar-refractivity contribution is 7.89. The number of ether oxygens (including phenoxy) is 1. The standard InChI is InChI=1S/C12H16FNO3S/c13-11-3-1-2-4-12(11)18(15,16)14-7-5-10-6-8-17-9-10/h1-4,10,14H,5-9H2. The Morgan fingerprint density at radius 1 is 1.39 bits per heavy atom. The Morgan fingerprint density at radius 3 is 2.83 bits per heavy atom. The maximum absolute atomic E-state index is 13.4. The van der Waals surface area contributed by atoms with Gasteiger partial charge in [0.25, 0.3) is 0 Å². The van der Waals surface area contributed by atoms with Crippen molar-refractivity contribution in [3.05, 3.63) is 30.1 Å². The molecule has 1 aromatic carbocycles. The fraction of sp³-hybridized carbons (Fsp3) is 0.500. The lowest BCUT2D eigenvalue weighted by atomic mass is 10.1. The Bertz CT molecular complexity index is 498. The Morgan fingerprint density at radius 2 is 2.17 bits per heavy atom. The monoisotopic (exact) mass is 273 g/mol. The molecule has 1 saturated heterocycles. The second-order valence-corrected chi connectivity index (χ2v) is 6.08. The first-order valence-corrected chi connectivity index (χ1v) is 7.40. The van der Waals surface area contributed by atoms with E-state index >= 15 is 0 Å². The zero-order chi connectivity index (χ0) is 13.0. The molecule has 0 aliphatic carbocycles. The molecule has 2 rings (SSSR count). The molecule has 1 unspecified atom stereocenters. The van der Waals surface area contributed by atoms with E-state index in [1.165, 1.54) is 18.2 Å². The van der Waals surface area contributed by atoms with E-state index < -0.39 is 15.8 Å². The van der Waals surface area contributed by atoms with Crippen LogP contribution in [0, 0.1) is 11.7 Å². The second-order valence-electron chi connectivity index (χ2n) is 4.35. The number of hydrogen-bond donors (Lipinski definition) is 1. The maximum atomic E-state index is 13.4. The van der Waals surface area contributed by atoms with E-state index in [4.69, 9.17) is 4.74 Å². The molecule has 1 N–H and O–H groups in total. The Balaban J connectivity index is 1.93. The van der Waals surface area contributed by atoms with Gasteiger partial charge in [-0.15, -0.1) is 0 Å². The molecule has 6 heteroatoms. The summed E-state index contributed by atoms with van der Waals surface area (Å²) in [6, 6.07) is 5.36. The normalized spacial score (nSPS) is 20.2. The Hall–Kier alpha value is -0.980. The topological polar surface area (TPSA) is 55.4 Å². The van der Waals surface area contributed by atoms with Crippen LogP contribution in [-0.2, 0) is 14.8 Å². The zero-order valence-electron chi connectivity index (χ0n) is 9.93. The van der Waals surface area contributed by atoms with Crippen LogP contribution in [0.25, 0.3) is 0 Å². The van der Waals surface area contributed by atoms with Crippen molar-refractivity contribution in [3.63, 3.8) is 0 Å². The smallest absolute Gasteiger partial charge is 0.243 e. The number of nitrogens with one attached hydrogen (secondary N) is 1. The summed E-state index contributed by atoms with van der Waals surface area (Å²) in [4.78, 5) is -0.298. The van der Waals surface area contributed by atoms with Gasteiger partial charge in [-0.05, 0) is 30.9 Å². The average Bonchev–Trinajstić information content (AvgIpc) is 2.82. The highest BCUT2D eigenvalue weighted by Crippen LogP contribution is 2.17. The van der Waals surface area contributed by atoms with E-state index in [9.17, 15) is 12.8 Å². The van der Waals surface area contributed by atoms with Gasteiger partial charge in [-0.1, -0.05) is 12.1 Å². The fourth-order valence-corrected chi connectivity index (χ4v) is 3.07. The highest BCUT2D eigenvalue weighted by atomic mass is 32.2. The molecule has 1 atom stereocenters. The molecule has 100 valence electrons. The quantitative estimate of drug-likeness (QED) is 0.885. The third kappa shape index (κ3) is 3.28. The van der Waals surface area contributed by atoms with Crippen molar-refractivity contribution in [3.8, 4) is 0 Å². The first-order chi connectivity index (χ1) is 8.59. The highest BCUT2D eigenvalue weighted by Gasteiger charge is 2.20. The van der Waals surface area contributed by atoms with E-state index in [0.717, 1.165) is 19.1 Å². The summed E-state index contributed by atoms with van der Waals surface area (Å²) < 4.78 is 44.7. The van der Waals surface area contributed by atoms with E-state index in [2.05, 4.69) is 4.72 Å². The molecule has 0 saturated carbocycles. The van der Waals surface area contributed by atoms with Crippen LogP contribution in [0.2, 0.25) is 0 Å². The van der Waals surface area contributed by atoms with Crippen LogP contribution in [-0.4, -0.2) is 28.2 Å². The molecule has 0 radical (unpaired) electrons. The number of rotatable bonds is 5. The summed E-state index contributed by atoms with van der Waals surface area (Å²) in [5, 5.41) is 0. The summed E-state index contributed by atoms with van der Waals surface area (Å²) in [6.07, 6.45) is 1.68. The molecule has 1 aliphatic heterocycles. The van der Waals surface area contributed by atoms with Gasteiger partial charge in [0.15, 0.2) is 0 Å². The SMILES string of the molecule is O=S(=O)(NCCC1CCOC1)c1ccccc1F. The van der Waals surface area contributed by atoms with E-state index in [-0.39, 0.29) is 4.90 Å². The third-order valence-electron chi connectivity index (χ3n) is 2.99. The Kier molecular flexibility index (Phi) is 4.31. The summed E-state index contributed by atoms with van der Waals surface area (Å²) in [5.74, 6) is -0.331. The summed E-state index contributed by atoms with van der Waals surface area (Å²) in [6.45, 7) is 1.73. The predicted octanol–water partition coefficient (Wildman–Crippen LogP) is 1.53. The molecular weight excluding hydrogens is 257 g/mol. The lowest BCUT2D eigenvalue weighted by Crippen LogP contribution is -2.27. The predicted molar refractivity (Wildman–Crippen MR) is 65.1 cm³/mol. The van der Waals surface area contributed by atoms with Gasteiger partial charge in [0.1, 0.15) is 10.7 Å². The zero-order valence-corrected chi connectivity index (χ0v) is 10.7. The first kappa shape index (κ1) is 13.5. The largest absolute Gasteiger partial charge is 0.381 e. The van der Waals surface area contributed by atoms with Crippen molar-refractivity contribution in [2.75, 3.05) is 19.8 Å². The van der Waals surface area contributed by atoms with Crippen molar-refractivity contribution in [1.82, 2.24) is 4.72 Å². The van der Waals surface area contributed by atoms with Gasteiger partial charge in [0, 0.05) is 19.8 Å². The molecule has 1 fully saturated rings. The fourth-order valence-electron chi connectivity index (χ4n) is 1.95. The van der Waals surface area contributed by atoms with E-state index in [1.807, 2.05) is 0 Å². The van der Waals surface area contributed by atoms with Crippen LogP contribution in [0.1, 0.15) is 12.8 Å². The molecule has 0 amide bonds. The number of hydrogen-bond acceptors (Lipinski definition) is 3. The molecule has 1 aromatic rings.